The number of benzene rings is 2. The van der Waals surface area contributed by atoms with Crippen molar-refractivity contribution in [2.75, 3.05) is 17.7 Å². The molecule has 2 aromatic carbocycles. The van der Waals surface area contributed by atoms with Crippen LogP contribution in [-0.4, -0.2) is 23.8 Å². The number of methoxy groups -OCH3 is 1. The van der Waals surface area contributed by atoms with Crippen LogP contribution in [0.5, 0.6) is 5.75 Å². The molecule has 6 nitrogen and oxygen atoms in total. The van der Waals surface area contributed by atoms with E-state index in [2.05, 4.69) is 15.6 Å². The van der Waals surface area contributed by atoms with E-state index in [0.717, 1.165) is 11.4 Å². The van der Waals surface area contributed by atoms with Gasteiger partial charge in [0.05, 0.1) is 7.11 Å². The number of carbonyl (C=O) groups is 2. The van der Waals surface area contributed by atoms with E-state index in [1.165, 1.54) is 6.92 Å². The maximum absolute atomic E-state index is 12.5. The molecule has 0 radical (unpaired) electrons. The number of nitrogens with one attached hydrogen (secondary N) is 2. The van der Waals surface area contributed by atoms with Crippen LogP contribution in [-0.2, 0) is 0 Å². The first-order valence-electron chi connectivity index (χ1n) is 8.34. The molecule has 0 spiro atoms. The predicted octanol–water partition coefficient (Wildman–Crippen LogP) is 4.29. The van der Waals surface area contributed by atoms with E-state index >= 15 is 0 Å². The van der Waals surface area contributed by atoms with Gasteiger partial charge in [0.15, 0.2) is 5.78 Å². The third kappa shape index (κ3) is 4.70. The Morgan fingerprint density at radius 3 is 2.41 bits per heavy atom. The number of Topliss-reactive ketones (excluding diaryl/α,β-unsaturated/α-hetero) is 1. The highest BCUT2D eigenvalue weighted by Gasteiger charge is 2.08. The number of ketones is 1. The maximum atomic E-state index is 12.5. The molecule has 1 heterocycles. The van der Waals surface area contributed by atoms with Gasteiger partial charge >= 0.3 is 0 Å². The van der Waals surface area contributed by atoms with E-state index in [1.807, 2.05) is 6.07 Å². The largest absolute Gasteiger partial charge is 0.497 e. The molecule has 6 heteroatoms. The molecule has 1 aromatic heterocycles. The molecule has 0 bridgehead atoms. The van der Waals surface area contributed by atoms with E-state index in [9.17, 15) is 9.59 Å². The van der Waals surface area contributed by atoms with Crippen LogP contribution >= 0.6 is 0 Å². The van der Waals surface area contributed by atoms with Crippen LogP contribution in [0.15, 0.2) is 66.9 Å². The first-order chi connectivity index (χ1) is 13.0. The zero-order valence-corrected chi connectivity index (χ0v) is 15.0. The predicted molar refractivity (Wildman–Crippen MR) is 105 cm³/mol. The number of hydrogen-bond acceptors (Lipinski definition) is 5. The highest BCUT2D eigenvalue weighted by Crippen LogP contribution is 2.19. The standard InChI is InChI=1S/C21H19N3O3/c1-14(25)15-4-3-5-18(12-15)23-20-13-16(10-11-22-20)21(26)24-17-6-8-19(27-2)9-7-17/h3-13H,1-2H3,(H,22,23)(H,24,26). The number of hydrogen-bond donors (Lipinski definition) is 2. The zero-order valence-electron chi connectivity index (χ0n) is 15.0. The first-order valence-corrected chi connectivity index (χ1v) is 8.34. The van der Waals surface area contributed by atoms with Crippen LogP contribution < -0.4 is 15.4 Å². The summed E-state index contributed by atoms with van der Waals surface area (Å²) in [6, 6.07) is 17.5. The number of amides is 1. The van der Waals surface area contributed by atoms with E-state index in [4.69, 9.17) is 4.74 Å². The molecule has 0 saturated heterocycles. The molecule has 0 fully saturated rings. The number of ether oxygens (including phenoxy) is 1. The minimum Gasteiger partial charge on any atom is -0.497 e. The van der Waals surface area contributed by atoms with Crippen LogP contribution in [0.1, 0.15) is 27.6 Å². The minimum atomic E-state index is -0.247. The molecule has 1 amide bonds. The Balaban J connectivity index is 1.73. The van der Waals surface area contributed by atoms with Crippen molar-refractivity contribution >= 4 is 28.9 Å². The summed E-state index contributed by atoms with van der Waals surface area (Å²) in [6.07, 6.45) is 1.56. The van der Waals surface area contributed by atoms with Gasteiger partial charge in [0.25, 0.3) is 5.91 Å². The van der Waals surface area contributed by atoms with Crippen molar-refractivity contribution in [2.45, 2.75) is 6.92 Å². The molecular formula is C21H19N3O3. The summed E-state index contributed by atoms with van der Waals surface area (Å²) in [5.74, 6) is 0.969. The van der Waals surface area contributed by atoms with Crippen LogP contribution in [0.4, 0.5) is 17.2 Å². The highest BCUT2D eigenvalue weighted by atomic mass is 16.5. The number of pyridine rings is 1. The summed E-state index contributed by atoms with van der Waals surface area (Å²) in [6.45, 7) is 1.52. The lowest BCUT2D eigenvalue weighted by molar-refractivity contribution is 0.101. The van der Waals surface area contributed by atoms with Gasteiger partial charge in [-0.1, -0.05) is 12.1 Å². The van der Waals surface area contributed by atoms with Crippen molar-refractivity contribution < 1.29 is 14.3 Å². The number of nitrogens with zero attached hydrogens (tertiary/aromatic N) is 1. The molecule has 0 aliphatic rings. The van der Waals surface area contributed by atoms with Crippen LogP contribution in [0.2, 0.25) is 0 Å². The second kappa shape index (κ2) is 8.14. The number of anilines is 3. The minimum absolute atomic E-state index is 0.0146. The van der Waals surface area contributed by atoms with Crippen molar-refractivity contribution in [2.24, 2.45) is 0 Å². The number of rotatable bonds is 6. The average Bonchev–Trinajstić information content (AvgIpc) is 2.69. The Morgan fingerprint density at radius 1 is 0.926 bits per heavy atom. The SMILES string of the molecule is COc1ccc(NC(=O)c2ccnc(Nc3cccc(C(C)=O)c3)c2)cc1. The molecule has 0 aliphatic carbocycles. The summed E-state index contributed by atoms with van der Waals surface area (Å²) in [7, 11) is 1.59. The van der Waals surface area contributed by atoms with Crippen molar-refractivity contribution in [1.29, 1.82) is 0 Å². The van der Waals surface area contributed by atoms with Gasteiger partial charge in [0.1, 0.15) is 11.6 Å². The molecule has 2 N–H and O–H groups in total. The monoisotopic (exact) mass is 361 g/mol. The smallest absolute Gasteiger partial charge is 0.255 e. The fourth-order valence-electron chi connectivity index (χ4n) is 2.48. The van der Waals surface area contributed by atoms with Gasteiger partial charge in [-0.25, -0.2) is 4.98 Å². The molecule has 3 rings (SSSR count). The molecule has 136 valence electrons. The van der Waals surface area contributed by atoms with Crippen molar-refractivity contribution in [3.63, 3.8) is 0 Å². The Bertz CT molecular complexity index is 968. The molecule has 0 atom stereocenters. The van der Waals surface area contributed by atoms with E-state index < -0.39 is 0 Å². The van der Waals surface area contributed by atoms with Crippen molar-refractivity contribution in [3.05, 3.63) is 78.0 Å². The summed E-state index contributed by atoms with van der Waals surface area (Å²) >= 11 is 0. The lowest BCUT2D eigenvalue weighted by atomic mass is 10.1. The van der Waals surface area contributed by atoms with Crippen molar-refractivity contribution in [1.82, 2.24) is 4.98 Å². The molecule has 0 saturated carbocycles. The molecule has 3 aromatic rings. The lowest BCUT2D eigenvalue weighted by Gasteiger charge is -2.09. The zero-order chi connectivity index (χ0) is 19.2. The fourth-order valence-corrected chi connectivity index (χ4v) is 2.48. The van der Waals surface area contributed by atoms with Gasteiger partial charge in [-0.2, -0.15) is 0 Å². The Labute approximate surface area is 157 Å². The van der Waals surface area contributed by atoms with Crippen LogP contribution in [0, 0.1) is 0 Å². The molecular weight excluding hydrogens is 342 g/mol. The van der Waals surface area contributed by atoms with Crippen LogP contribution in [0.3, 0.4) is 0 Å². The number of carbonyl (C=O) groups excluding carboxylic acids is 2. The normalized spacial score (nSPS) is 10.1. The van der Waals surface area contributed by atoms with Gasteiger partial charge in [0.2, 0.25) is 0 Å². The fraction of sp³-hybridized carbons (Fsp3) is 0.0952. The second-order valence-corrected chi connectivity index (χ2v) is 5.87. The molecule has 27 heavy (non-hydrogen) atoms. The first kappa shape index (κ1) is 18.1. The Morgan fingerprint density at radius 2 is 1.70 bits per heavy atom. The third-order valence-electron chi connectivity index (χ3n) is 3.91. The topological polar surface area (TPSA) is 80.3 Å². The second-order valence-electron chi connectivity index (χ2n) is 5.87. The van der Waals surface area contributed by atoms with Crippen molar-refractivity contribution in [3.8, 4) is 5.75 Å². The van der Waals surface area contributed by atoms with Gasteiger partial charge in [-0.05, 0) is 55.5 Å². The summed E-state index contributed by atoms with van der Waals surface area (Å²) in [4.78, 5) is 28.2. The van der Waals surface area contributed by atoms with Gasteiger partial charge in [-0.15, -0.1) is 0 Å². The highest BCUT2D eigenvalue weighted by molar-refractivity contribution is 6.04. The third-order valence-corrected chi connectivity index (χ3v) is 3.91. The van der Waals surface area contributed by atoms with Gasteiger partial charge in [0, 0.05) is 28.7 Å². The Hall–Kier alpha value is -3.67. The van der Waals surface area contributed by atoms with Gasteiger partial charge in [-0.3, -0.25) is 9.59 Å². The molecule has 0 unspecified atom stereocenters. The summed E-state index contributed by atoms with van der Waals surface area (Å²) in [5.41, 5.74) is 2.46. The molecule has 0 aliphatic heterocycles. The van der Waals surface area contributed by atoms with E-state index in [0.29, 0.717) is 22.6 Å². The van der Waals surface area contributed by atoms with Gasteiger partial charge < -0.3 is 15.4 Å². The average molecular weight is 361 g/mol. The lowest BCUT2D eigenvalue weighted by Crippen LogP contribution is -2.12. The quantitative estimate of drug-likeness (QED) is 0.640. The van der Waals surface area contributed by atoms with E-state index in [-0.39, 0.29) is 11.7 Å². The summed E-state index contributed by atoms with van der Waals surface area (Å²) < 4.78 is 5.10. The van der Waals surface area contributed by atoms with E-state index in [1.54, 1.807) is 67.9 Å². The van der Waals surface area contributed by atoms with Crippen LogP contribution in [0.25, 0.3) is 0 Å². The number of aromatic nitrogens is 1. The maximum Gasteiger partial charge on any atom is 0.255 e. The summed E-state index contributed by atoms with van der Waals surface area (Å²) in [5, 5.41) is 5.94. The Kier molecular flexibility index (Phi) is 5.47.